The third kappa shape index (κ3) is 1.71. The van der Waals surface area contributed by atoms with Crippen LogP contribution < -0.4 is 5.73 Å². The standard InChI is InChI=1S/C10H11N3S2/c11-3-8-9(6-1-2-6)13-10(15-8)7-4-14-5-12-7/h4-6H,1-3,11H2. The highest BCUT2D eigenvalue weighted by Crippen LogP contribution is 2.43. The van der Waals surface area contributed by atoms with Crippen molar-refractivity contribution in [2.75, 3.05) is 0 Å². The van der Waals surface area contributed by atoms with Gasteiger partial charge >= 0.3 is 0 Å². The Morgan fingerprint density at radius 2 is 2.33 bits per heavy atom. The molecule has 0 spiro atoms. The lowest BCUT2D eigenvalue weighted by Crippen LogP contribution is -1.96. The third-order valence-electron chi connectivity index (χ3n) is 2.53. The molecule has 15 heavy (non-hydrogen) atoms. The molecule has 2 aromatic rings. The molecule has 0 aliphatic heterocycles. The number of hydrogen-bond donors (Lipinski definition) is 1. The van der Waals surface area contributed by atoms with Gasteiger partial charge < -0.3 is 5.73 Å². The Morgan fingerprint density at radius 1 is 1.47 bits per heavy atom. The first-order valence-electron chi connectivity index (χ1n) is 4.96. The fourth-order valence-electron chi connectivity index (χ4n) is 1.61. The highest BCUT2D eigenvalue weighted by atomic mass is 32.1. The van der Waals surface area contributed by atoms with E-state index < -0.39 is 0 Å². The predicted molar refractivity (Wildman–Crippen MR) is 63.1 cm³/mol. The number of thiazole rings is 2. The minimum atomic E-state index is 0.605. The summed E-state index contributed by atoms with van der Waals surface area (Å²) in [4.78, 5) is 10.2. The van der Waals surface area contributed by atoms with E-state index in [1.807, 2.05) is 10.9 Å². The van der Waals surface area contributed by atoms with Gasteiger partial charge in [0.15, 0.2) is 0 Å². The molecule has 1 saturated carbocycles. The molecule has 3 rings (SSSR count). The summed E-state index contributed by atoms with van der Waals surface area (Å²) in [5.74, 6) is 0.673. The second-order valence-electron chi connectivity index (χ2n) is 3.68. The number of aromatic nitrogens is 2. The lowest BCUT2D eigenvalue weighted by atomic mass is 10.2. The van der Waals surface area contributed by atoms with E-state index in [4.69, 9.17) is 5.73 Å². The Kier molecular flexibility index (Phi) is 2.31. The van der Waals surface area contributed by atoms with Crippen molar-refractivity contribution in [2.45, 2.75) is 25.3 Å². The fraction of sp³-hybridized carbons (Fsp3) is 0.400. The second-order valence-corrected chi connectivity index (χ2v) is 5.48. The van der Waals surface area contributed by atoms with Gasteiger partial charge in [-0.25, -0.2) is 9.97 Å². The summed E-state index contributed by atoms with van der Waals surface area (Å²) in [5, 5.41) is 3.06. The van der Waals surface area contributed by atoms with E-state index in [0.29, 0.717) is 12.5 Å². The van der Waals surface area contributed by atoms with Crippen LogP contribution in [0.2, 0.25) is 0 Å². The minimum absolute atomic E-state index is 0.605. The average molecular weight is 237 g/mol. The minimum Gasteiger partial charge on any atom is -0.326 e. The van der Waals surface area contributed by atoms with Gasteiger partial charge in [0.25, 0.3) is 0 Å². The summed E-state index contributed by atoms with van der Waals surface area (Å²) < 4.78 is 0. The van der Waals surface area contributed by atoms with E-state index in [2.05, 4.69) is 9.97 Å². The van der Waals surface area contributed by atoms with E-state index in [1.54, 1.807) is 22.7 Å². The van der Waals surface area contributed by atoms with Crippen LogP contribution in [-0.2, 0) is 6.54 Å². The largest absolute Gasteiger partial charge is 0.326 e. The van der Waals surface area contributed by atoms with Gasteiger partial charge in [0.2, 0.25) is 0 Å². The Hall–Kier alpha value is -0.780. The van der Waals surface area contributed by atoms with Gasteiger partial charge in [-0.15, -0.1) is 22.7 Å². The van der Waals surface area contributed by atoms with Crippen LogP contribution in [0.25, 0.3) is 10.7 Å². The molecular formula is C10H11N3S2. The Bertz CT molecular complexity index is 457. The van der Waals surface area contributed by atoms with E-state index in [0.717, 1.165) is 10.7 Å². The lowest BCUT2D eigenvalue weighted by molar-refractivity contribution is 0.979. The lowest BCUT2D eigenvalue weighted by Gasteiger charge is -1.93. The van der Waals surface area contributed by atoms with Crippen molar-refractivity contribution in [2.24, 2.45) is 5.73 Å². The number of rotatable bonds is 3. The molecule has 2 heterocycles. The maximum absolute atomic E-state index is 5.74. The summed E-state index contributed by atoms with van der Waals surface area (Å²) in [6.07, 6.45) is 2.54. The molecule has 0 bridgehead atoms. The van der Waals surface area contributed by atoms with Gasteiger partial charge in [0.1, 0.15) is 10.7 Å². The van der Waals surface area contributed by atoms with Gasteiger partial charge in [-0.3, -0.25) is 0 Å². The fourth-order valence-corrected chi connectivity index (χ4v) is 3.22. The van der Waals surface area contributed by atoms with Gasteiger partial charge in [0.05, 0.1) is 11.2 Å². The highest BCUT2D eigenvalue weighted by molar-refractivity contribution is 7.15. The van der Waals surface area contributed by atoms with Crippen LogP contribution in [-0.4, -0.2) is 9.97 Å². The van der Waals surface area contributed by atoms with E-state index >= 15 is 0 Å². The molecule has 2 aromatic heterocycles. The molecule has 3 nitrogen and oxygen atoms in total. The zero-order valence-corrected chi connectivity index (χ0v) is 9.77. The van der Waals surface area contributed by atoms with E-state index in [1.165, 1.54) is 23.4 Å². The molecular weight excluding hydrogens is 226 g/mol. The Balaban J connectivity index is 2.03. The van der Waals surface area contributed by atoms with Crippen LogP contribution in [0.5, 0.6) is 0 Å². The third-order valence-corrected chi connectivity index (χ3v) is 4.23. The first-order valence-corrected chi connectivity index (χ1v) is 6.72. The molecule has 0 atom stereocenters. The van der Waals surface area contributed by atoms with E-state index in [9.17, 15) is 0 Å². The van der Waals surface area contributed by atoms with Crippen molar-refractivity contribution in [1.82, 2.24) is 9.97 Å². The van der Waals surface area contributed by atoms with Crippen molar-refractivity contribution in [1.29, 1.82) is 0 Å². The second kappa shape index (κ2) is 3.66. The number of nitrogens with zero attached hydrogens (tertiary/aromatic N) is 2. The molecule has 0 saturated heterocycles. The molecule has 0 unspecified atom stereocenters. The molecule has 0 amide bonds. The smallest absolute Gasteiger partial charge is 0.143 e. The van der Waals surface area contributed by atoms with Crippen LogP contribution >= 0.6 is 22.7 Å². The van der Waals surface area contributed by atoms with E-state index in [-0.39, 0.29) is 0 Å². The number of hydrogen-bond acceptors (Lipinski definition) is 5. The first-order chi connectivity index (χ1) is 7.38. The molecule has 0 radical (unpaired) electrons. The average Bonchev–Trinajstić information content (AvgIpc) is 2.83. The highest BCUT2D eigenvalue weighted by Gasteiger charge is 2.29. The van der Waals surface area contributed by atoms with Crippen LogP contribution in [0.3, 0.4) is 0 Å². The van der Waals surface area contributed by atoms with Crippen LogP contribution in [0.15, 0.2) is 10.9 Å². The Morgan fingerprint density at radius 3 is 2.93 bits per heavy atom. The SMILES string of the molecule is NCc1sc(-c2cscn2)nc1C1CC1. The quantitative estimate of drug-likeness (QED) is 0.892. The molecule has 1 fully saturated rings. The summed E-state index contributed by atoms with van der Waals surface area (Å²) in [7, 11) is 0. The predicted octanol–water partition coefficient (Wildman–Crippen LogP) is 2.60. The molecule has 5 heteroatoms. The zero-order chi connectivity index (χ0) is 10.3. The van der Waals surface area contributed by atoms with Crippen molar-refractivity contribution in [3.63, 3.8) is 0 Å². The van der Waals surface area contributed by atoms with Crippen LogP contribution in [0.1, 0.15) is 29.3 Å². The maximum Gasteiger partial charge on any atom is 0.143 e. The molecule has 0 aromatic carbocycles. The first kappa shape index (κ1) is 9.45. The topological polar surface area (TPSA) is 51.8 Å². The van der Waals surface area contributed by atoms with Crippen molar-refractivity contribution < 1.29 is 0 Å². The van der Waals surface area contributed by atoms with Crippen molar-refractivity contribution >= 4 is 22.7 Å². The summed E-state index contributed by atoms with van der Waals surface area (Å²) in [6, 6.07) is 0. The Labute approximate surface area is 96.0 Å². The van der Waals surface area contributed by atoms with Crippen molar-refractivity contribution in [3.05, 3.63) is 21.5 Å². The molecule has 78 valence electrons. The normalized spacial score (nSPS) is 15.8. The maximum atomic E-state index is 5.74. The summed E-state index contributed by atoms with van der Waals surface area (Å²) in [6.45, 7) is 0.605. The zero-order valence-electron chi connectivity index (χ0n) is 8.14. The molecule has 2 N–H and O–H groups in total. The summed E-state index contributed by atoms with van der Waals surface area (Å²) >= 11 is 3.30. The van der Waals surface area contributed by atoms with Crippen LogP contribution in [0.4, 0.5) is 0 Å². The van der Waals surface area contributed by atoms with Gasteiger partial charge in [-0.2, -0.15) is 0 Å². The summed E-state index contributed by atoms with van der Waals surface area (Å²) in [5.41, 5.74) is 9.80. The monoisotopic (exact) mass is 237 g/mol. The van der Waals surface area contributed by atoms with Crippen LogP contribution in [0, 0.1) is 0 Å². The van der Waals surface area contributed by atoms with Gasteiger partial charge in [-0.1, -0.05) is 0 Å². The van der Waals surface area contributed by atoms with Gasteiger partial charge in [0, 0.05) is 22.7 Å². The molecule has 1 aliphatic rings. The van der Waals surface area contributed by atoms with Crippen molar-refractivity contribution in [3.8, 4) is 10.7 Å². The molecule has 1 aliphatic carbocycles. The number of nitrogens with two attached hydrogens (primary N) is 1. The van der Waals surface area contributed by atoms with Gasteiger partial charge in [-0.05, 0) is 12.8 Å².